The third kappa shape index (κ3) is 2.72. The van der Waals surface area contributed by atoms with Crippen molar-refractivity contribution in [2.75, 3.05) is 10.2 Å². The zero-order valence-corrected chi connectivity index (χ0v) is 16.4. The van der Waals surface area contributed by atoms with E-state index < -0.39 is 0 Å². The van der Waals surface area contributed by atoms with Crippen LogP contribution < -0.4 is 10.2 Å². The van der Waals surface area contributed by atoms with Crippen LogP contribution in [0.25, 0.3) is 0 Å². The Bertz CT molecular complexity index is 1040. The Morgan fingerprint density at radius 1 is 0.897 bits per heavy atom. The lowest BCUT2D eigenvalue weighted by atomic mass is 9.85. The predicted octanol–water partition coefficient (Wildman–Crippen LogP) is 3.87. The molecule has 2 aromatic rings. The molecule has 1 saturated heterocycles. The predicted molar refractivity (Wildman–Crippen MR) is 111 cm³/mol. The Kier molecular flexibility index (Phi) is 3.95. The Hall–Kier alpha value is -3.21. The molecule has 2 aliphatic carbocycles. The number of imide groups is 1. The molecule has 1 heterocycles. The molecule has 5 rings (SSSR count). The van der Waals surface area contributed by atoms with Gasteiger partial charge in [-0.1, -0.05) is 18.2 Å². The summed E-state index contributed by atoms with van der Waals surface area (Å²) >= 11 is 0. The quantitative estimate of drug-likeness (QED) is 0.643. The second-order valence-electron chi connectivity index (χ2n) is 8.31. The van der Waals surface area contributed by atoms with Gasteiger partial charge in [-0.05, 0) is 79.6 Å². The number of anilines is 2. The zero-order chi connectivity index (χ0) is 20.3. The van der Waals surface area contributed by atoms with Gasteiger partial charge in [0.25, 0.3) is 5.91 Å². The van der Waals surface area contributed by atoms with Crippen LogP contribution in [0.3, 0.4) is 0 Å². The topological polar surface area (TPSA) is 66.5 Å². The van der Waals surface area contributed by atoms with Gasteiger partial charge in [0, 0.05) is 11.3 Å². The van der Waals surface area contributed by atoms with Gasteiger partial charge < -0.3 is 5.32 Å². The van der Waals surface area contributed by atoms with E-state index in [1.54, 1.807) is 24.3 Å². The minimum Gasteiger partial charge on any atom is -0.322 e. The minimum atomic E-state index is -0.224. The largest absolute Gasteiger partial charge is 0.322 e. The highest BCUT2D eigenvalue weighted by molar-refractivity contribution is 6.23. The molecule has 4 atom stereocenters. The zero-order valence-electron chi connectivity index (χ0n) is 16.4. The molecule has 29 heavy (non-hydrogen) atoms. The second-order valence-corrected chi connectivity index (χ2v) is 8.31. The lowest BCUT2D eigenvalue weighted by Gasteiger charge is -2.17. The summed E-state index contributed by atoms with van der Waals surface area (Å²) in [5, 5.41) is 2.89. The summed E-state index contributed by atoms with van der Waals surface area (Å²) in [4.78, 5) is 39.7. The van der Waals surface area contributed by atoms with Gasteiger partial charge in [0.15, 0.2) is 0 Å². The van der Waals surface area contributed by atoms with Crippen LogP contribution in [0.4, 0.5) is 11.4 Å². The van der Waals surface area contributed by atoms with E-state index in [-0.39, 0.29) is 41.4 Å². The van der Waals surface area contributed by atoms with E-state index in [0.717, 1.165) is 17.7 Å². The van der Waals surface area contributed by atoms with Gasteiger partial charge in [0.2, 0.25) is 11.8 Å². The number of aryl methyl sites for hydroxylation is 2. The van der Waals surface area contributed by atoms with Crippen molar-refractivity contribution < 1.29 is 14.4 Å². The number of fused-ring (bicyclic) bond motifs is 5. The summed E-state index contributed by atoms with van der Waals surface area (Å²) in [6.45, 7) is 4.02. The van der Waals surface area contributed by atoms with Crippen molar-refractivity contribution >= 4 is 29.1 Å². The van der Waals surface area contributed by atoms with Gasteiger partial charge in [-0.25, -0.2) is 0 Å². The molecule has 0 spiro atoms. The molecule has 0 unspecified atom stereocenters. The van der Waals surface area contributed by atoms with Gasteiger partial charge in [0.05, 0.1) is 17.5 Å². The molecule has 0 aromatic heterocycles. The van der Waals surface area contributed by atoms with Gasteiger partial charge in [-0.2, -0.15) is 0 Å². The molecular formula is C24H22N2O3. The SMILES string of the molecule is Cc1ccc(NC(=O)c2ccc(N3C(=O)[C@@H]4[C@H](C3=O)[C@H]3C=C[C@H]4C3)cc2)cc1C. The molecule has 1 saturated carbocycles. The molecule has 2 fully saturated rings. The first kappa shape index (κ1) is 17.9. The number of allylic oxidation sites excluding steroid dienone is 2. The van der Waals surface area contributed by atoms with E-state index in [0.29, 0.717) is 11.3 Å². The normalized spacial score (nSPS) is 26.9. The molecular weight excluding hydrogens is 364 g/mol. The highest BCUT2D eigenvalue weighted by atomic mass is 16.2. The van der Waals surface area contributed by atoms with Crippen molar-refractivity contribution in [3.05, 3.63) is 71.3 Å². The van der Waals surface area contributed by atoms with Gasteiger partial charge in [-0.3, -0.25) is 19.3 Å². The van der Waals surface area contributed by atoms with Crippen molar-refractivity contribution in [3.8, 4) is 0 Å². The highest BCUT2D eigenvalue weighted by Gasteiger charge is 2.59. The van der Waals surface area contributed by atoms with Crippen LogP contribution in [0.15, 0.2) is 54.6 Å². The standard InChI is InChI=1S/C24H22N2O3/c1-13-3-8-18(11-14(13)2)25-22(27)15-6-9-19(10-7-15)26-23(28)20-16-4-5-17(12-16)21(20)24(26)29/h3-11,16-17,20-21H,12H2,1-2H3,(H,25,27)/t16-,17-,20-,21+/m0/s1. The summed E-state index contributed by atoms with van der Waals surface area (Å²) in [5.74, 6) is -0.495. The number of carbonyl (C=O) groups is 3. The van der Waals surface area contributed by atoms with Crippen LogP contribution in [0.1, 0.15) is 27.9 Å². The molecule has 2 bridgehead atoms. The molecule has 1 aliphatic heterocycles. The number of nitrogens with zero attached hydrogens (tertiary/aromatic N) is 1. The van der Waals surface area contributed by atoms with Crippen LogP contribution in [0, 0.1) is 37.5 Å². The smallest absolute Gasteiger partial charge is 0.255 e. The summed E-state index contributed by atoms with van der Waals surface area (Å²) < 4.78 is 0. The van der Waals surface area contributed by atoms with Crippen LogP contribution in [0.2, 0.25) is 0 Å². The van der Waals surface area contributed by atoms with Crippen molar-refractivity contribution in [1.82, 2.24) is 0 Å². The summed E-state index contributed by atoms with van der Waals surface area (Å²) in [5.41, 5.74) is 4.03. The minimum absolute atomic E-state index is 0.107. The lowest BCUT2D eigenvalue weighted by Crippen LogP contribution is -2.32. The van der Waals surface area contributed by atoms with Crippen LogP contribution in [0.5, 0.6) is 0 Å². The average Bonchev–Trinajstić information content (AvgIpc) is 3.39. The molecule has 0 radical (unpaired) electrons. The number of benzene rings is 2. The average molecular weight is 386 g/mol. The Labute approximate surface area is 169 Å². The third-order valence-corrected chi connectivity index (χ3v) is 6.62. The second kappa shape index (κ2) is 6.41. The van der Waals surface area contributed by atoms with Crippen molar-refractivity contribution in [3.63, 3.8) is 0 Å². The maximum absolute atomic E-state index is 12.9. The van der Waals surface area contributed by atoms with Crippen molar-refractivity contribution in [2.24, 2.45) is 23.7 Å². The summed E-state index contributed by atoms with van der Waals surface area (Å²) in [7, 11) is 0. The number of nitrogens with one attached hydrogen (secondary N) is 1. The van der Waals surface area contributed by atoms with E-state index in [2.05, 4.69) is 17.5 Å². The Morgan fingerprint density at radius 2 is 1.52 bits per heavy atom. The Balaban J connectivity index is 1.34. The first-order valence-electron chi connectivity index (χ1n) is 9.99. The monoisotopic (exact) mass is 386 g/mol. The first-order chi connectivity index (χ1) is 13.9. The molecule has 5 heteroatoms. The molecule has 2 aromatic carbocycles. The number of rotatable bonds is 3. The maximum atomic E-state index is 12.9. The van der Waals surface area contributed by atoms with Crippen molar-refractivity contribution in [2.45, 2.75) is 20.3 Å². The lowest BCUT2D eigenvalue weighted by molar-refractivity contribution is -0.123. The van der Waals surface area contributed by atoms with Gasteiger partial charge in [0.1, 0.15) is 0 Å². The molecule has 3 amide bonds. The molecule has 146 valence electrons. The number of hydrogen-bond donors (Lipinski definition) is 1. The van der Waals surface area contributed by atoms with E-state index in [1.165, 1.54) is 10.5 Å². The molecule has 1 N–H and O–H groups in total. The fourth-order valence-corrected chi connectivity index (χ4v) is 4.94. The molecule has 3 aliphatic rings. The summed E-state index contributed by atoms with van der Waals surface area (Å²) in [6, 6.07) is 12.5. The molecule has 5 nitrogen and oxygen atoms in total. The fourth-order valence-electron chi connectivity index (χ4n) is 4.94. The summed E-state index contributed by atoms with van der Waals surface area (Å²) in [6.07, 6.45) is 5.08. The van der Waals surface area contributed by atoms with Crippen LogP contribution in [-0.2, 0) is 9.59 Å². The fraction of sp³-hybridized carbons (Fsp3) is 0.292. The number of carbonyl (C=O) groups excluding carboxylic acids is 3. The maximum Gasteiger partial charge on any atom is 0.255 e. The third-order valence-electron chi connectivity index (χ3n) is 6.62. The van der Waals surface area contributed by atoms with Crippen molar-refractivity contribution in [1.29, 1.82) is 0 Å². The number of amides is 3. The van der Waals surface area contributed by atoms with E-state index >= 15 is 0 Å². The van der Waals surface area contributed by atoms with E-state index in [9.17, 15) is 14.4 Å². The van der Waals surface area contributed by atoms with Gasteiger partial charge >= 0.3 is 0 Å². The number of hydrogen-bond acceptors (Lipinski definition) is 3. The highest BCUT2D eigenvalue weighted by Crippen LogP contribution is 2.53. The van der Waals surface area contributed by atoms with E-state index in [1.807, 2.05) is 32.0 Å². The van der Waals surface area contributed by atoms with Crippen LogP contribution in [-0.4, -0.2) is 17.7 Å². The first-order valence-corrected chi connectivity index (χ1v) is 9.99. The van der Waals surface area contributed by atoms with E-state index in [4.69, 9.17) is 0 Å². The van der Waals surface area contributed by atoms with Gasteiger partial charge in [-0.15, -0.1) is 0 Å². The Morgan fingerprint density at radius 3 is 2.10 bits per heavy atom. The van der Waals surface area contributed by atoms with Crippen LogP contribution >= 0.6 is 0 Å².